The van der Waals surface area contributed by atoms with Gasteiger partial charge in [0.25, 0.3) is 5.91 Å². The van der Waals surface area contributed by atoms with E-state index in [0.29, 0.717) is 19.7 Å². The van der Waals surface area contributed by atoms with Crippen LogP contribution < -0.4 is 4.74 Å². The summed E-state index contributed by atoms with van der Waals surface area (Å²) in [6.45, 7) is 5.24. The average Bonchev–Trinajstić information content (AvgIpc) is 2.66. The van der Waals surface area contributed by atoms with Crippen LogP contribution in [-0.4, -0.2) is 50.3 Å². The maximum absolute atomic E-state index is 12.6. The van der Waals surface area contributed by atoms with Crippen LogP contribution in [0.4, 0.5) is 0 Å². The van der Waals surface area contributed by atoms with Gasteiger partial charge in [-0.1, -0.05) is 18.2 Å². The van der Waals surface area contributed by atoms with Gasteiger partial charge in [0.05, 0.1) is 20.3 Å². The molecule has 1 fully saturated rings. The molecule has 1 atom stereocenters. The van der Waals surface area contributed by atoms with E-state index < -0.39 is 5.60 Å². The van der Waals surface area contributed by atoms with E-state index in [1.165, 1.54) is 0 Å². The first-order valence-corrected chi connectivity index (χ1v) is 8.48. The lowest BCUT2D eigenvalue weighted by atomic mass is 10.0. The molecule has 3 rings (SSSR count). The smallest absolute Gasteiger partial charge is 0.254 e. The van der Waals surface area contributed by atoms with Gasteiger partial charge in [0.15, 0.2) is 0 Å². The van der Waals surface area contributed by atoms with E-state index in [4.69, 9.17) is 14.2 Å². The van der Waals surface area contributed by atoms with Crippen molar-refractivity contribution in [3.63, 3.8) is 0 Å². The van der Waals surface area contributed by atoms with Gasteiger partial charge in [-0.3, -0.25) is 4.79 Å². The van der Waals surface area contributed by atoms with E-state index in [9.17, 15) is 4.79 Å². The minimum absolute atomic E-state index is 0.00572. The molecule has 25 heavy (non-hydrogen) atoms. The molecule has 134 valence electrons. The summed E-state index contributed by atoms with van der Waals surface area (Å²) in [5, 5.41) is 2.25. The number of rotatable bonds is 4. The molecule has 1 aliphatic heterocycles. The fourth-order valence-corrected chi connectivity index (χ4v) is 3.07. The normalized spacial score (nSPS) is 18.4. The molecule has 0 N–H and O–H groups in total. The van der Waals surface area contributed by atoms with Gasteiger partial charge in [0.1, 0.15) is 17.5 Å². The van der Waals surface area contributed by atoms with Crippen LogP contribution in [0.1, 0.15) is 25.5 Å². The van der Waals surface area contributed by atoms with Crippen molar-refractivity contribution in [1.29, 1.82) is 0 Å². The van der Waals surface area contributed by atoms with Crippen molar-refractivity contribution in [2.75, 3.05) is 33.9 Å². The highest BCUT2D eigenvalue weighted by molar-refractivity contribution is 5.85. The molecule has 2 aromatic carbocycles. The summed E-state index contributed by atoms with van der Waals surface area (Å²) in [4.78, 5) is 14.5. The first-order valence-electron chi connectivity index (χ1n) is 8.48. The fraction of sp³-hybridized carbons (Fsp3) is 0.450. The highest BCUT2D eigenvalue weighted by Gasteiger charge is 2.35. The number of amides is 1. The monoisotopic (exact) mass is 343 g/mol. The predicted octanol–water partition coefficient (Wildman–Crippen LogP) is 3.17. The lowest BCUT2D eigenvalue weighted by Crippen LogP contribution is -2.51. The van der Waals surface area contributed by atoms with Crippen LogP contribution in [0.25, 0.3) is 10.8 Å². The molecule has 0 radical (unpaired) electrons. The maximum atomic E-state index is 12.6. The van der Waals surface area contributed by atoms with Crippen LogP contribution in [0.15, 0.2) is 36.4 Å². The van der Waals surface area contributed by atoms with Crippen molar-refractivity contribution in [1.82, 2.24) is 4.90 Å². The second-order valence-corrected chi connectivity index (χ2v) is 6.80. The third kappa shape index (κ3) is 3.62. The summed E-state index contributed by atoms with van der Waals surface area (Å²) in [5.74, 6) is 0.835. The van der Waals surface area contributed by atoms with E-state index in [0.717, 1.165) is 22.1 Å². The standard InChI is InChI=1S/C20H25NO4/c1-20(2,24-4)19(22)21-9-10-25-18(13-21)16-6-5-15-12-17(23-3)8-7-14(15)11-16/h5-8,11-12,18H,9-10,13H2,1-4H3. The second kappa shape index (κ2) is 7.02. The van der Waals surface area contributed by atoms with Crippen molar-refractivity contribution < 1.29 is 19.0 Å². The molecule has 0 bridgehead atoms. The SMILES string of the molecule is COc1ccc2cc(C3CN(C(=O)C(C)(C)OC)CCO3)ccc2c1. The number of carbonyl (C=O) groups is 1. The summed E-state index contributed by atoms with van der Waals surface area (Å²) in [6.07, 6.45) is -0.128. The van der Waals surface area contributed by atoms with E-state index in [1.54, 1.807) is 28.1 Å². The molecule has 0 spiro atoms. The molecule has 0 aromatic heterocycles. The highest BCUT2D eigenvalue weighted by atomic mass is 16.5. The minimum atomic E-state index is -0.818. The zero-order valence-corrected chi connectivity index (χ0v) is 15.2. The van der Waals surface area contributed by atoms with Crippen LogP contribution in [0, 0.1) is 0 Å². The molecule has 0 aliphatic carbocycles. The Labute approximate surface area is 148 Å². The van der Waals surface area contributed by atoms with Crippen LogP contribution in [-0.2, 0) is 14.3 Å². The minimum Gasteiger partial charge on any atom is -0.497 e. The first-order chi connectivity index (χ1) is 11.9. The predicted molar refractivity (Wildman–Crippen MR) is 96.9 cm³/mol. The van der Waals surface area contributed by atoms with Crippen molar-refractivity contribution in [2.45, 2.75) is 25.6 Å². The quantitative estimate of drug-likeness (QED) is 0.855. The zero-order chi connectivity index (χ0) is 18.0. The maximum Gasteiger partial charge on any atom is 0.254 e. The largest absolute Gasteiger partial charge is 0.497 e. The van der Waals surface area contributed by atoms with Crippen LogP contribution in [0.2, 0.25) is 0 Å². The first kappa shape index (κ1) is 17.7. The zero-order valence-electron chi connectivity index (χ0n) is 15.2. The lowest BCUT2D eigenvalue weighted by molar-refractivity contribution is -0.158. The average molecular weight is 343 g/mol. The molecule has 5 heteroatoms. The molecule has 5 nitrogen and oxygen atoms in total. The van der Waals surface area contributed by atoms with Crippen LogP contribution in [0.3, 0.4) is 0 Å². The Balaban J connectivity index is 1.81. The van der Waals surface area contributed by atoms with Crippen molar-refractivity contribution >= 4 is 16.7 Å². The van der Waals surface area contributed by atoms with Crippen LogP contribution in [0.5, 0.6) is 5.75 Å². The van der Waals surface area contributed by atoms with Gasteiger partial charge in [-0.25, -0.2) is 0 Å². The van der Waals surface area contributed by atoms with Gasteiger partial charge in [0, 0.05) is 13.7 Å². The van der Waals surface area contributed by atoms with Gasteiger partial charge in [-0.15, -0.1) is 0 Å². The third-order valence-electron chi connectivity index (χ3n) is 4.82. The highest BCUT2D eigenvalue weighted by Crippen LogP contribution is 2.28. The number of fused-ring (bicyclic) bond motifs is 1. The van der Waals surface area contributed by atoms with Gasteiger partial charge < -0.3 is 19.1 Å². The Morgan fingerprint density at radius 3 is 2.60 bits per heavy atom. The molecule has 1 aliphatic rings. The molecular weight excluding hydrogens is 318 g/mol. The number of hydrogen-bond acceptors (Lipinski definition) is 4. The molecular formula is C20H25NO4. The molecule has 1 saturated heterocycles. The van der Waals surface area contributed by atoms with Crippen molar-refractivity contribution in [2.24, 2.45) is 0 Å². The fourth-order valence-electron chi connectivity index (χ4n) is 3.07. The Morgan fingerprint density at radius 1 is 1.16 bits per heavy atom. The number of hydrogen-bond donors (Lipinski definition) is 0. The molecule has 2 aromatic rings. The lowest BCUT2D eigenvalue weighted by Gasteiger charge is -2.37. The van der Waals surface area contributed by atoms with Gasteiger partial charge >= 0.3 is 0 Å². The summed E-state index contributed by atoms with van der Waals surface area (Å²) < 4.78 is 16.5. The molecule has 1 heterocycles. The Kier molecular flexibility index (Phi) is 4.97. The summed E-state index contributed by atoms with van der Waals surface area (Å²) in [7, 11) is 3.23. The summed E-state index contributed by atoms with van der Waals surface area (Å²) in [6, 6.07) is 12.2. The van der Waals surface area contributed by atoms with E-state index in [2.05, 4.69) is 18.2 Å². The Hall–Kier alpha value is -2.11. The van der Waals surface area contributed by atoms with Gasteiger partial charge in [0.2, 0.25) is 0 Å². The van der Waals surface area contributed by atoms with Gasteiger partial charge in [-0.2, -0.15) is 0 Å². The molecule has 1 unspecified atom stereocenters. The van der Waals surface area contributed by atoms with E-state index >= 15 is 0 Å². The number of morpholine rings is 1. The number of carbonyl (C=O) groups excluding carboxylic acids is 1. The molecule has 0 saturated carbocycles. The van der Waals surface area contributed by atoms with Crippen LogP contribution >= 0.6 is 0 Å². The Bertz CT molecular complexity index is 771. The second-order valence-electron chi connectivity index (χ2n) is 6.80. The van der Waals surface area contributed by atoms with Crippen molar-refractivity contribution in [3.8, 4) is 5.75 Å². The number of methoxy groups -OCH3 is 2. The topological polar surface area (TPSA) is 48.0 Å². The Morgan fingerprint density at radius 2 is 1.88 bits per heavy atom. The third-order valence-corrected chi connectivity index (χ3v) is 4.82. The van der Waals surface area contributed by atoms with Crippen molar-refractivity contribution in [3.05, 3.63) is 42.0 Å². The molecule has 1 amide bonds. The number of ether oxygens (including phenoxy) is 3. The summed E-state index contributed by atoms with van der Waals surface area (Å²) >= 11 is 0. The van der Waals surface area contributed by atoms with E-state index in [-0.39, 0.29) is 12.0 Å². The van der Waals surface area contributed by atoms with Gasteiger partial charge in [-0.05, 0) is 48.4 Å². The summed E-state index contributed by atoms with van der Waals surface area (Å²) in [5.41, 5.74) is 0.257. The number of benzene rings is 2. The van der Waals surface area contributed by atoms with E-state index in [1.807, 2.05) is 23.1 Å². The number of nitrogens with zero attached hydrogens (tertiary/aromatic N) is 1.